The maximum atomic E-state index is 5.61. The lowest BCUT2D eigenvalue weighted by Crippen LogP contribution is -2.34. The lowest BCUT2D eigenvalue weighted by Gasteiger charge is -2.21. The number of aromatic nitrogens is 2. The third-order valence-electron chi connectivity index (χ3n) is 3.23. The molecule has 0 saturated carbocycles. The Balaban J connectivity index is 1.99. The second kappa shape index (κ2) is 7.25. The van der Waals surface area contributed by atoms with Crippen molar-refractivity contribution in [3.8, 4) is 5.88 Å². The van der Waals surface area contributed by atoms with Crippen molar-refractivity contribution in [3.63, 3.8) is 0 Å². The van der Waals surface area contributed by atoms with E-state index < -0.39 is 0 Å². The molecule has 0 bridgehead atoms. The second-order valence-corrected chi connectivity index (χ2v) is 4.60. The Morgan fingerprint density at radius 1 is 1.32 bits per heavy atom. The van der Waals surface area contributed by atoms with Crippen molar-refractivity contribution in [1.82, 2.24) is 14.9 Å². The number of ether oxygens (including phenoxy) is 1. The molecular weight excluding hydrogens is 242 g/mol. The highest BCUT2D eigenvalue weighted by Crippen LogP contribution is 2.14. The summed E-state index contributed by atoms with van der Waals surface area (Å²) in [5.74, 6) is 1.41. The number of anilines is 1. The van der Waals surface area contributed by atoms with E-state index in [0.29, 0.717) is 12.5 Å². The van der Waals surface area contributed by atoms with Crippen molar-refractivity contribution in [2.75, 3.05) is 50.8 Å². The molecule has 2 rings (SSSR count). The van der Waals surface area contributed by atoms with Crippen LogP contribution in [0.15, 0.2) is 12.3 Å². The summed E-state index contributed by atoms with van der Waals surface area (Å²) in [6.07, 6.45) is 2.87. The molecule has 0 amide bonds. The smallest absolute Gasteiger partial charge is 0.228 e. The monoisotopic (exact) mass is 265 g/mol. The van der Waals surface area contributed by atoms with Crippen LogP contribution in [0.2, 0.25) is 0 Å². The molecule has 6 nitrogen and oxygen atoms in total. The van der Waals surface area contributed by atoms with Crippen molar-refractivity contribution < 1.29 is 4.74 Å². The van der Waals surface area contributed by atoms with E-state index in [1.807, 2.05) is 6.92 Å². The number of rotatable bonds is 5. The summed E-state index contributed by atoms with van der Waals surface area (Å²) in [6.45, 7) is 8.30. The molecule has 6 heteroatoms. The molecule has 1 aliphatic rings. The van der Waals surface area contributed by atoms with Gasteiger partial charge in [0.1, 0.15) is 0 Å². The van der Waals surface area contributed by atoms with Crippen LogP contribution in [0.3, 0.4) is 0 Å². The van der Waals surface area contributed by atoms with E-state index in [-0.39, 0.29) is 0 Å². The van der Waals surface area contributed by atoms with E-state index in [2.05, 4.69) is 19.8 Å². The highest BCUT2D eigenvalue weighted by Gasteiger charge is 2.16. The molecule has 0 aliphatic carbocycles. The van der Waals surface area contributed by atoms with Crippen LogP contribution in [0, 0.1) is 0 Å². The molecule has 0 radical (unpaired) electrons. The maximum Gasteiger partial charge on any atom is 0.228 e. The molecule has 2 N–H and O–H groups in total. The summed E-state index contributed by atoms with van der Waals surface area (Å²) >= 11 is 0. The van der Waals surface area contributed by atoms with Crippen molar-refractivity contribution in [2.45, 2.75) is 13.3 Å². The quantitative estimate of drug-likeness (QED) is 0.828. The van der Waals surface area contributed by atoms with Crippen LogP contribution in [0.1, 0.15) is 13.3 Å². The first kappa shape index (κ1) is 14.0. The molecule has 1 aromatic heterocycles. The highest BCUT2D eigenvalue weighted by molar-refractivity contribution is 5.32. The first-order valence-electron chi connectivity index (χ1n) is 6.96. The maximum absolute atomic E-state index is 5.61. The lowest BCUT2D eigenvalue weighted by atomic mass is 10.4. The number of hydrogen-bond donors (Lipinski definition) is 1. The van der Waals surface area contributed by atoms with Crippen LogP contribution in [-0.4, -0.2) is 60.7 Å². The van der Waals surface area contributed by atoms with Gasteiger partial charge in [0.2, 0.25) is 11.8 Å². The standard InChI is InChI=1S/C13H23N5O/c1-2-19-12-4-6-15-13(16-12)18-8-3-7-17(9-5-14)10-11-18/h4,6H,2-3,5,7-11,14H2,1H3. The molecular formula is C13H23N5O. The SMILES string of the molecule is CCOc1ccnc(N2CCCN(CCN)CC2)n1. The summed E-state index contributed by atoms with van der Waals surface area (Å²) in [5.41, 5.74) is 5.61. The zero-order valence-corrected chi connectivity index (χ0v) is 11.6. The normalized spacial score (nSPS) is 17.3. The summed E-state index contributed by atoms with van der Waals surface area (Å²) in [6, 6.07) is 1.80. The first-order chi connectivity index (χ1) is 9.33. The third-order valence-corrected chi connectivity index (χ3v) is 3.23. The van der Waals surface area contributed by atoms with Crippen molar-refractivity contribution >= 4 is 5.95 Å². The minimum absolute atomic E-state index is 0.626. The van der Waals surface area contributed by atoms with Gasteiger partial charge in [0.15, 0.2) is 0 Å². The van der Waals surface area contributed by atoms with Gasteiger partial charge >= 0.3 is 0 Å². The number of nitrogens with zero attached hydrogens (tertiary/aromatic N) is 4. The molecule has 2 heterocycles. The Hall–Kier alpha value is -1.40. The Morgan fingerprint density at radius 2 is 2.21 bits per heavy atom. The van der Waals surface area contributed by atoms with Crippen molar-refractivity contribution in [3.05, 3.63) is 12.3 Å². The second-order valence-electron chi connectivity index (χ2n) is 4.60. The zero-order chi connectivity index (χ0) is 13.5. The van der Waals surface area contributed by atoms with Gasteiger partial charge in [-0.2, -0.15) is 4.98 Å². The predicted octanol–water partition coefficient (Wildman–Crippen LogP) is 0.346. The van der Waals surface area contributed by atoms with Gasteiger partial charge in [-0.1, -0.05) is 0 Å². The Morgan fingerprint density at radius 3 is 3.00 bits per heavy atom. The van der Waals surface area contributed by atoms with E-state index in [1.54, 1.807) is 12.3 Å². The number of nitrogens with two attached hydrogens (primary N) is 1. The average Bonchev–Trinajstić information content (AvgIpc) is 2.66. The molecule has 1 fully saturated rings. The molecule has 1 aromatic rings. The van der Waals surface area contributed by atoms with E-state index in [4.69, 9.17) is 10.5 Å². The lowest BCUT2D eigenvalue weighted by molar-refractivity contribution is 0.302. The fourth-order valence-corrected chi connectivity index (χ4v) is 2.29. The van der Waals surface area contributed by atoms with E-state index >= 15 is 0 Å². The Kier molecular flexibility index (Phi) is 5.35. The first-order valence-corrected chi connectivity index (χ1v) is 6.96. The van der Waals surface area contributed by atoms with Gasteiger partial charge in [-0.15, -0.1) is 0 Å². The van der Waals surface area contributed by atoms with Gasteiger partial charge in [-0.25, -0.2) is 4.98 Å². The third kappa shape index (κ3) is 4.04. The van der Waals surface area contributed by atoms with Gasteiger partial charge in [0, 0.05) is 45.0 Å². The van der Waals surface area contributed by atoms with E-state index in [1.165, 1.54) is 0 Å². The molecule has 0 spiro atoms. The molecule has 0 unspecified atom stereocenters. The Bertz CT molecular complexity index is 387. The largest absolute Gasteiger partial charge is 0.478 e. The summed E-state index contributed by atoms with van der Waals surface area (Å²) in [7, 11) is 0. The molecule has 106 valence electrons. The van der Waals surface area contributed by atoms with Crippen LogP contribution >= 0.6 is 0 Å². The summed E-state index contributed by atoms with van der Waals surface area (Å²) < 4.78 is 5.42. The summed E-state index contributed by atoms with van der Waals surface area (Å²) in [4.78, 5) is 13.4. The van der Waals surface area contributed by atoms with Gasteiger partial charge in [0.25, 0.3) is 0 Å². The van der Waals surface area contributed by atoms with E-state index in [0.717, 1.165) is 51.6 Å². The Labute approximate surface area is 114 Å². The zero-order valence-electron chi connectivity index (χ0n) is 11.6. The molecule has 0 atom stereocenters. The average molecular weight is 265 g/mol. The van der Waals surface area contributed by atoms with Gasteiger partial charge in [-0.05, 0) is 19.9 Å². The summed E-state index contributed by atoms with van der Waals surface area (Å²) in [5, 5.41) is 0. The topological polar surface area (TPSA) is 67.5 Å². The van der Waals surface area contributed by atoms with Gasteiger partial charge in [-0.3, -0.25) is 0 Å². The van der Waals surface area contributed by atoms with Crippen LogP contribution in [0.5, 0.6) is 5.88 Å². The molecule has 19 heavy (non-hydrogen) atoms. The van der Waals surface area contributed by atoms with Crippen LogP contribution in [0.25, 0.3) is 0 Å². The fourth-order valence-electron chi connectivity index (χ4n) is 2.29. The fraction of sp³-hybridized carbons (Fsp3) is 0.692. The van der Waals surface area contributed by atoms with Gasteiger partial charge < -0.3 is 20.3 Å². The molecule has 1 aliphatic heterocycles. The van der Waals surface area contributed by atoms with Gasteiger partial charge in [0.05, 0.1) is 6.61 Å². The minimum Gasteiger partial charge on any atom is -0.478 e. The van der Waals surface area contributed by atoms with Crippen molar-refractivity contribution in [2.24, 2.45) is 5.73 Å². The van der Waals surface area contributed by atoms with Crippen LogP contribution in [-0.2, 0) is 0 Å². The van der Waals surface area contributed by atoms with Crippen molar-refractivity contribution in [1.29, 1.82) is 0 Å². The highest BCUT2D eigenvalue weighted by atomic mass is 16.5. The minimum atomic E-state index is 0.626. The molecule has 1 saturated heterocycles. The van der Waals surface area contributed by atoms with Crippen LogP contribution < -0.4 is 15.4 Å². The molecule has 0 aromatic carbocycles. The predicted molar refractivity (Wildman–Crippen MR) is 75.5 cm³/mol. The number of hydrogen-bond acceptors (Lipinski definition) is 6. The van der Waals surface area contributed by atoms with Crippen LogP contribution in [0.4, 0.5) is 5.95 Å². The van der Waals surface area contributed by atoms with E-state index in [9.17, 15) is 0 Å².